The first-order valence-corrected chi connectivity index (χ1v) is 6.74. The summed E-state index contributed by atoms with van der Waals surface area (Å²) in [5, 5.41) is 13.4. The maximum absolute atomic E-state index is 5.36. The van der Waals surface area contributed by atoms with Crippen molar-refractivity contribution >= 4 is 11.3 Å². The molecular weight excluding hydrogens is 262 g/mol. The van der Waals surface area contributed by atoms with Crippen LogP contribution in [0.15, 0.2) is 18.2 Å². The lowest BCUT2D eigenvalue weighted by Gasteiger charge is -2.07. The molecule has 1 N–H and O–H groups in total. The summed E-state index contributed by atoms with van der Waals surface area (Å²) in [5.74, 6) is 1.54. The standard InChI is InChI=1S/C13H17N3O2S/c1-8(14-2)12-15-16-13(19-12)10-7-9(17-3)5-6-11(10)18-4/h5-8,14H,1-4H3. The molecule has 0 aliphatic heterocycles. The van der Waals surface area contributed by atoms with Crippen LogP contribution in [0.25, 0.3) is 10.6 Å². The van der Waals surface area contributed by atoms with Crippen molar-refractivity contribution in [1.29, 1.82) is 0 Å². The van der Waals surface area contributed by atoms with Gasteiger partial charge in [0.25, 0.3) is 0 Å². The molecule has 102 valence electrons. The monoisotopic (exact) mass is 279 g/mol. The summed E-state index contributed by atoms with van der Waals surface area (Å²) < 4.78 is 10.6. The molecule has 0 aliphatic carbocycles. The molecule has 0 bridgehead atoms. The number of rotatable bonds is 5. The molecule has 6 heteroatoms. The number of benzene rings is 1. The maximum atomic E-state index is 5.36. The lowest BCUT2D eigenvalue weighted by Crippen LogP contribution is -2.11. The summed E-state index contributed by atoms with van der Waals surface area (Å²) in [6, 6.07) is 5.83. The van der Waals surface area contributed by atoms with Crippen LogP contribution in [-0.2, 0) is 0 Å². The van der Waals surface area contributed by atoms with Gasteiger partial charge in [-0.1, -0.05) is 11.3 Å². The molecule has 1 heterocycles. The summed E-state index contributed by atoms with van der Waals surface area (Å²) in [4.78, 5) is 0. The number of methoxy groups -OCH3 is 2. The van der Waals surface area contributed by atoms with Crippen LogP contribution < -0.4 is 14.8 Å². The van der Waals surface area contributed by atoms with Gasteiger partial charge in [-0.05, 0) is 32.2 Å². The van der Waals surface area contributed by atoms with Gasteiger partial charge in [0.15, 0.2) is 5.01 Å². The molecule has 0 amide bonds. The third-order valence-corrected chi connectivity index (χ3v) is 4.02. The Morgan fingerprint density at radius 1 is 1.21 bits per heavy atom. The molecule has 1 aromatic heterocycles. The summed E-state index contributed by atoms with van der Waals surface area (Å²) >= 11 is 1.55. The Bertz CT molecular complexity index is 557. The van der Waals surface area contributed by atoms with Crippen molar-refractivity contribution in [3.63, 3.8) is 0 Å². The van der Waals surface area contributed by atoms with Crippen molar-refractivity contribution in [1.82, 2.24) is 15.5 Å². The van der Waals surface area contributed by atoms with Crippen molar-refractivity contribution in [3.8, 4) is 22.1 Å². The number of nitrogens with zero attached hydrogens (tertiary/aromatic N) is 2. The Hall–Kier alpha value is -1.66. The average molecular weight is 279 g/mol. The van der Waals surface area contributed by atoms with Crippen LogP contribution in [-0.4, -0.2) is 31.5 Å². The summed E-state index contributed by atoms with van der Waals surface area (Å²) in [6.45, 7) is 2.05. The third-order valence-electron chi connectivity index (χ3n) is 2.88. The summed E-state index contributed by atoms with van der Waals surface area (Å²) in [7, 11) is 5.18. The minimum absolute atomic E-state index is 0.183. The molecule has 0 aliphatic rings. The number of aromatic nitrogens is 2. The first kappa shape index (κ1) is 13.8. The molecule has 5 nitrogen and oxygen atoms in total. The molecule has 0 radical (unpaired) electrons. The van der Waals surface area contributed by atoms with Crippen LogP contribution in [0.1, 0.15) is 18.0 Å². The second kappa shape index (κ2) is 5.99. The lowest BCUT2D eigenvalue weighted by molar-refractivity contribution is 0.404. The first-order valence-electron chi connectivity index (χ1n) is 5.92. The zero-order valence-electron chi connectivity index (χ0n) is 11.4. The van der Waals surface area contributed by atoms with Gasteiger partial charge in [0.05, 0.1) is 25.8 Å². The molecule has 2 rings (SSSR count). The van der Waals surface area contributed by atoms with Gasteiger partial charge in [-0.2, -0.15) is 0 Å². The highest BCUT2D eigenvalue weighted by Crippen LogP contribution is 2.35. The zero-order chi connectivity index (χ0) is 13.8. The number of hydrogen-bond donors (Lipinski definition) is 1. The predicted molar refractivity (Wildman–Crippen MR) is 75.9 cm³/mol. The van der Waals surface area contributed by atoms with E-state index in [1.165, 1.54) is 0 Å². The second-order valence-corrected chi connectivity index (χ2v) is 5.03. The molecule has 1 unspecified atom stereocenters. The van der Waals surface area contributed by atoms with Gasteiger partial charge in [0, 0.05) is 0 Å². The van der Waals surface area contributed by atoms with E-state index in [9.17, 15) is 0 Å². The predicted octanol–water partition coefficient (Wildman–Crippen LogP) is 2.50. The van der Waals surface area contributed by atoms with E-state index >= 15 is 0 Å². The van der Waals surface area contributed by atoms with Gasteiger partial charge in [-0.25, -0.2) is 0 Å². The SMILES string of the molecule is CNC(C)c1nnc(-c2cc(OC)ccc2OC)s1. The first-order chi connectivity index (χ1) is 9.19. The third kappa shape index (κ3) is 2.85. The fraction of sp³-hybridized carbons (Fsp3) is 0.385. The van der Waals surface area contributed by atoms with Crippen LogP contribution in [0.5, 0.6) is 11.5 Å². The Labute approximate surface area is 116 Å². The van der Waals surface area contributed by atoms with Gasteiger partial charge < -0.3 is 14.8 Å². The van der Waals surface area contributed by atoms with Crippen molar-refractivity contribution in [2.24, 2.45) is 0 Å². The number of hydrogen-bond acceptors (Lipinski definition) is 6. The molecule has 19 heavy (non-hydrogen) atoms. The highest BCUT2D eigenvalue weighted by Gasteiger charge is 2.15. The number of ether oxygens (including phenoxy) is 2. The van der Waals surface area contributed by atoms with Gasteiger partial charge in [0.1, 0.15) is 16.5 Å². The largest absolute Gasteiger partial charge is 0.497 e. The summed E-state index contributed by atoms with van der Waals surface area (Å²) in [6.07, 6.45) is 0. The average Bonchev–Trinajstić information content (AvgIpc) is 2.95. The van der Waals surface area contributed by atoms with E-state index < -0.39 is 0 Å². The van der Waals surface area contributed by atoms with Crippen molar-refractivity contribution in [3.05, 3.63) is 23.2 Å². The molecule has 0 saturated carbocycles. The minimum atomic E-state index is 0.183. The maximum Gasteiger partial charge on any atom is 0.151 e. The number of nitrogens with one attached hydrogen (secondary N) is 1. The van der Waals surface area contributed by atoms with E-state index in [0.717, 1.165) is 27.1 Å². The fourth-order valence-corrected chi connectivity index (χ4v) is 2.55. The lowest BCUT2D eigenvalue weighted by atomic mass is 10.2. The van der Waals surface area contributed by atoms with E-state index in [4.69, 9.17) is 9.47 Å². The fourth-order valence-electron chi connectivity index (χ4n) is 1.62. The molecule has 1 atom stereocenters. The van der Waals surface area contributed by atoms with Gasteiger partial charge >= 0.3 is 0 Å². The van der Waals surface area contributed by atoms with E-state index in [0.29, 0.717) is 0 Å². The van der Waals surface area contributed by atoms with Gasteiger partial charge in [-0.3, -0.25) is 0 Å². The Kier molecular flexibility index (Phi) is 4.34. The van der Waals surface area contributed by atoms with Crippen molar-refractivity contribution in [2.45, 2.75) is 13.0 Å². The smallest absolute Gasteiger partial charge is 0.151 e. The quantitative estimate of drug-likeness (QED) is 0.911. The van der Waals surface area contributed by atoms with Crippen LogP contribution in [0.3, 0.4) is 0 Å². The van der Waals surface area contributed by atoms with Crippen LogP contribution in [0, 0.1) is 0 Å². The van der Waals surface area contributed by atoms with E-state index in [2.05, 4.69) is 15.5 Å². The Balaban J connectivity index is 2.42. The molecule has 0 spiro atoms. The molecule has 1 aromatic carbocycles. The zero-order valence-corrected chi connectivity index (χ0v) is 12.2. The van der Waals surface area contributed by atoms with E-state index in [1.54, 1.807) is 25.6 Å². The molecule has 0 fully saturated rings. The van der Waals surface area contributed by atoms with Crippen LogP contribution in [0.2, 0.25) is 0 Å². The van der Waals surface area contributed by atoms with Crippen LogP contribution >= 0.6 is 11.3 Å². The highest BCUT2D eigenvalue weighted by molar-refractivity contribution is 7.14. The van der Waals surface area contributed by atoms with E-state index in [1.807, 2.05) is 32.2 Å². The molecular formula is C13H17N3O2S. The normalized spacial score (nSPS) is 12.2. The van der Waals surface area contributed by atoms with E-state index in [-0.39, 0.29) is 6.04 Å². The Morgan fingerprint density at radius 3 is 2.63 bits per heavy atom. The van der Waals surface area contributed by atoms with Crippen molar-refractivity contribution in [2.75, 3.05) is 21.3 Å². The topological polar surface area (TPSA) is 56.3 Å². The highest BCUT2D eigenvalue weighted by atomic mass is 32.1. The summed E-state index contributed by atoms with van der Waals surface area (Å²) in [5.41, 5.74) is 0.897. The molecule has 2 aromatic rings. The Morgan fingerprint density at radius 2 is 2.00 bits per heavy atom. The van der Waals surface area contributed by atoms with Crippen molar-refractivity contribution < 1.29 is 9.47 Å². The molecule has 0 saturated heterocycles. The van der Waals surface area contributed by atoms with Gasteiger partial charge in [-0.15, -0.1) is 10.2 Å². The van der Waals surface area contributed by atoms with Gasteiger partial charge in [0.2, 0.25) is 0 Å². The minimum Gasteiger partial charge on any atom is -0.497 e. The second-order valence-electron chi connectivity index (χ2n) is 4.02. The van der Waals surface area contributed by atoms with Crippen LogP contribution in [0.4, 0.5) is 0 Å².